The van der Waals surface area contributed by atoms with Gasteiger partial charge in [0.15, 0.2) is 6.29 Å². The van der Waals surface area contributed by atoms with Crippen LogP contribution in [0.5, 0.6) is 0 Å². The molecule has 192 valence electrons. The van der Waals surface area contributed by atoms with Crippen molar-refractivity contribution < 1.29 is 18.7 Å². The van der Waals surface area contributed by atoms with E-state index in [4.69, 9.17) is 9.15 Å². The highest BCUT2D eigenvalue weighted by Gasteiger charge is 2.27. The Morgan fingerprint density at radius 1 is 1.35 bits per heavy atom. The number of pyridine rings is 2. The first-order valence-electron chi connectivity index (χ1n) is 11.7. The van der Waals surface area contributed by atoms with Crippen molar-refractivity contribution in [2.45, 2.75) is 33.2 Å². The number of aldehydes is 1. The van der Waals surface area contributed by atoms with Crippen molar-refractivity contribution in [1.82, 2.24) is 14.5 Å². The number of carbonyl (C=O) groups excluding carboxylic acids is 2. The number of carbonyl (C=O) groups is 2. The third kappa shape index (κ3) is 5.36. The van der Waals surface area contributed by atoms with Gasteiger partial charge in [0.25, 0.3) is 0 Å². The lowest BCUT2D eigenvalue weighted by Gasteiger charge is -2.29. The van der Waals surface area contributed by atoms with Crippen molar-refractivity contribution in [3.05, 3.63) is 62.7 Å². The zero-order chi connectivity index (χ0) is 26.5. The van der Waals surface area contributed by atoms with Gasteiger partial charge < -0.3 is 14.5 Å². The number of nitriles is 1. The zero-order valence-electron chi connectivity index (χ0n) is 20.8. The van der Waals surface area contributed by atoms with Gasteiger partial charge in [0.1, 0.15) is 29.2 Å². The van der Waals surface area contributed by atoms with Gasteiger partial charge >= 0.3 is 11.8 Å². The molecule has 0 saturated carbocycles. The number of urea groups is 1. The number of rotatable bonds is 8. The second kappa shape index (κ2) is 11.0. The minimum atomic E-state index is -0.503. The van der Waals surface area contributed by atoms with Crippen LogP contribution in [0.1, 0.15) is 45.1 Å². The molecule has 0 atom stereocenters. The molecule has 0 bridgehead atoms. The number of ether oxygens (including phenoxy) is 1. The van der Waals surface area contributed by atoms with Gasteiger partial charge in [-0.25, -0.2) is 19.6 Å². The Kier molecular flexibility index (Phi) is 7.64. The summed E-state index contributed by atoms with van der Waals surface area (Å²) in [4.78, 5) is 47.4. The molecule has 0 unspecified atom stereocenters. The number of hydrogen-bond acceptors (Lipinski definition) is 9. The van der Waals surface area contributed by atoms with Crippen LogP contribution >= 0.6 is 0 Å². The molecule has 3 aromatic heterocycles. The first-order valence-corrected chi connectivity index (χ1v) is 11.7. The molecule has 12 heteroatoms. The van der Waals surface area contributed by atoms with Crippen molar-refractivity contribution >= 4 is 29.6 Å². The maximum absolute atomic E-state index is 13.2. The van der Waals surface area contributed by atoms with Crippen LogP contribution in [0.4, 0.5) is 22.1 Å². The number of nitrogens with one attached hydrogen (secondary N) is 2. The minimum Gasteiger partial charge on any atom is -0.413 e. The van der Waals surface area contributed by atoms with Crippen LogP contribution in [-0.4, -0.2) is 53.7 Å². The van der Waals surface area contributed by atoms with Gasteiger partial charge in [-0.1, -0.05) is 0 Å². The van der Waals surface area contributed by atoms with Crippen molar-refractivity contribution in [1.29, 1.82) is 5.26 Å². The molecule has 0 aromatic carbocycles. The molecule has 1 aliphatic heterocycles. The number of amides is 2. The summed E-state index contributed by atoms with van der Waals surface area (Å²) in [6.07, 6.45) is 3.36. The van der Waals surface area contributed by atoms with Gasteiger partial charge in [0.05, 0.1) is 30.1 Å². The Labute approximate surface area is 212 Å². The predicted molar refractivity (Wildman–Crippen MR) is 135 cm³/mol. The average molecular weight is 506 g/mol. The molecule has 12 nitrogen and oxygen atoms in total. The molecule has 0 fully saturated rings. The van der Waals surface area contributed by atoms with E-state index >= 15 is 0 Å². The highest BCUT2D eigenvalue weighted by molar-refractivity contribution is 6.01. The Morgan fingerprint density at radius 2 is 2.16 bits per heavy atom. The number of aryl methyl sites for hydroxylation is 2. The fourth-order valence-electron chi connectivity index (χ4n) is 4.15. The van der Waals surface area contributed by atoms with Gasteiger partial charge in [-0.3, -0.25) is 19.6 Å². The zero-order valence-corrected chi connectivity index (χ0v) is 20.8. The van der Waals surface area contributed by atoms with E-state index < -0.39 is 11.8 Å². The van der Waals surface area contributed by atoms with Gasteiger partial charge in [0, 0.05) is 38.0 Å². The summed E-state index contributed by atoms with van der Waals surface area (Å²) >= 11 is 0. The summed E-state index contributed by atoms with van der Waals surface area (Å²) < 4.78 is 11.6. The number of nitrogens with zero attached hydrogens (tertiary/aromatic N) is 5. The van der Waals surface area contributed by atoms with E-state index in [1.165, 1.54) is 15.7 Å². The summed E-state index contributed by atoms with van der Waals surface area (Å²) in [5.74, 6) is 0.652. The number of oxazole rings is 1. The maximum Gasteiger partial charge on any atom is 0.419 e. The van der Waals surface area contributed by atoms with Crippen LogP contribution in [0.25, 0.3) is 0 Å². The second-order valence-corrected chi connectivity index (χ2v) is 8.56. The van der Waals surface area contributed by atoms with Gasteiger partial charge in [-0.15, -0.1) is 0 Å². The molecule has 2 N–H and O–H groups in total. The van der Waals surface area contributed by atoms with Crippen LogP contribution in [0, 0.1) is 25.2 Å². The highest BCUT2D eigenvalue weighted by Crippen LogP contribution is 2.28. The van der Waals surface area contributed by atoms with Gasteiger partial charge in [0.2, 0.25) is 0 Å². The monoisotopic (exact) mass is 505 g/mol. The van der Waals surface area contributed by atoms with E-state index in [9.17, 15) is 19.6 Å². The Balaban J connectivity index is 1.59. The van der Waals surface area contributed by atoms with Crippen LogP contribution in [0.15, 0.2) is 27.5 Å². The highest BCUT2D eigenvalue weighted by atomic mass is 16.5. The number of hydrogen-bond donors (Lipinski definition) is 2. The molecule has 2 amide bonds. The van der Waals surface area contributed by atoms with Crippen molar-refractivity contribution in [2.75, 3.05) is 42.3 Å². The molecule has 1 aliphatic rings. The molecule has 0 aliphatic carbocycles. The molecule has 0 saturated heterocycles. The van der Waals surface area contributed by atoms with Crippen LogP contribution in [-0.2, 0) is 17.7 Å². The Morgan fingerprint density at radius 3 is 2.84 bits per heavy atom. The van der Waals surface area contributed by atoms with Crippen LogP contribution in [0.2, 0.25) is 0 Å². The molecule has 4 rings (SSSR count). The third-order valence-electron chi connectivity index (χ3n) is 6.22. The molecule has 0 spiro atoms. The molecular formula is C25H27N7O5. The molecule has 4 heterocycles. The Bertz CT molecular complexity index is 1440. The quantitative estimate of drug-likeness (QED) is 0.347. The minimum absolute atomic E-state index is 0.135. The van der Waals surface area contributed by atoms with E-state index in [1.54, 1.807) is 27.0 Å². The van der Waals surface area contributed by atoms with Crippen molar-refractivity contribution in [3.8, 4) is 6.07 Å². The summed E-state index contributed by atoms with van der Waals surface area (Å²) in [6, 6.07) is 5.00. The average Bonchev–Trinajstić information content (AvgIpc) is 3.13. The smallest absolute Gasteiger partial charge is 0.413 e. The third-order valence-corrected chi connectivity index (χ3v) is 6.22. The van der Waals surface area contributed by atoms with E-state index in [0.717, 1.165) is 5.56 Å². The molecule has 37 heavy (non-hydrogen) atoms. The molecular weight excluding hydrogens is 478 g/mol. The van der Waals surface area contributed by atoms with Gasteiger partial charge in [-0.05, 0) is 38.3 Å². The first-order chi connectivity index (χ1) is 17.9. The normalized spacial score (nSPS) is 12.5. The summed E-state index contributed by atoms with van der Waals surface area (Å²) in [5, 5.41) is 15.2. The van der Waals surface area contributed by atoms with Gasteiger partial charge in [-0.2, -0.15) is 5.26 Å². The summed E-state index contributed by atoms with van der Waals surface area (Å²) in [7, 11) is 1.58. The number of aromatic nitrogens is 3. The fraction of sp³-hybridized carbons (Fsp3) is 0.360. The number of methoxy groups -OCH3 is 1. The molecule has 3 aromatic rings. The SMILES string of the molecule is COCCNc1cc(NC(=O)N2CCCc3cc(Cn4c(C)c(C)oc4=O)c(C=O)nc32)ncc1C#N. The maximum atomic E-state index is 13.2. The topological polar surface area (TPSA) is 155 Å². The first kappa shape index (κ1) is 25.6. The van der Waals surface area contributed by atoms with Crippen LogP contribution in [0.3, 0.4) is 0 Å². The van der Waals surface area contributed by atoms with E-state index in [1.807, 2.05) is 6.07 Å². The number of fused-ring (bicyclic) bond motifs is 1. The van der Waals surface area contributed by atoms with Crippen LogP contribution < -0.4 is 21.3 Å². The van der Waals surface area contributed by atoms with E-state index in [0.29, 0.717) is 72.9 Å². The van der Waals surface area contributed by atoms with Crippen molar-refractivity contribution in [2.24, 2.45) is 0 Å². The molecule has 0 radical (unpaired) electrons. The Hall–Kier alpha value is -4.50. The number of anilines is 3. The predicted octanol–water partition coefficient (Wildman–Crippen LogP) is 2.62. The largest absolute Gasteiger partial charge is 0.419 e. The van der Waals surface area contributed by atoms with E-state index in [2.05, 4.69) is 26.7 Å². The fourth-order valence-corrected chi connectivity index (χ4v) is 4.15. The second-order valence-electron chi connectivity index (χ2n) is 8.56. The summed E-state index contributed by atoms with van der Waals surface area (Å²) in [6.45, 7) is 4.94. The lowest BCUT2D eigenvalue weighted by Crippen LogP contribution is -2.40. The lowest BCUT2D eigenvalue weighted by atomic mass is 10.0. The summed E-state index contributed by atoms with van der Waals surface area (Å²) in [5.41, 5.74) is 3.04. The van der Waals surface area contributed by atoms with Crippen molar-refractivity contribution in [3.63, 3.8) is 0 Å². The van der Waals surface area contributed by atoms with E-state index in [-0.39, 0.29) is 18.1 Å². The lowest BCUT2D eigenvalue weighted by molar-refractivity contribution is 0.111. The standard InChI is InChI=1S/C25H27N7O5/c1-15-16(2)37-25(35)32(15)13-18-9-17-5-4-7-31(23(17)29-21(18)14-33)24(34)30-22-10-20(27-6-8-36-3)19(11-26)12-28-22/h9-10,12,14H,4-8,13H2,1-3H3,(H2,27,28,30,34).